The van der Waals surface area contributed by atoms with Gasteiger partial charge < -0.3 is 0 Å². The Balaban J connectivity index is 1.95. The fourth-order valence-corrected chi connectivity index (χ4v) is 1.83. The Hall–Kier alpha value is -1.29. The van der Waals surface area contributed by atoms with Crippen molar-refractivity contribution in [3.8, 4) is 0 Å². The molecule has 1 N–H and O–H groups in total. The van der Waals surface area contributed by atoms with Crippen molar-refractivity contribution >= 4 is 11.8 Å². The van der Waals surface area contributed by atoms with E-state index in [1.165, 1.54) is 17.5 Å². The molecule has 1 aromatic carbocycles. The molecule has 0 radical (unpaired) electrons. The van der Waals surface area contributed by atoms with Crippen LogP contribution in [0.25, 0.3) is 0 Å². The fraction of sp³-hybridized carbons (Fsp3) is 0.200. The minimum atomic E-state index is 0.866. The first-order valence-electron chi connectivity index (χ1n) is 4.38. The number of H-pyrrole nitrogens is 1. The Bertz CT molecular complexity index is 380. The predicted molar refractivity (Wildman–Crippen MR) is 57.1 cm³/mol. The second-order valence-electron chi connectivity index (χ2n) is 3.06. The zero-order chi connectivity index (χ0) is 9.80. The van der Waals surface area contributed by atoms with E-state index >= 15 is 0 Å². The van der Waals surface area contributed by atoms with Crippen LogP contribution in [0.4, 0.5) is 0 Å². The molecule has 2 rings (SSSR count). The molecule has 0 spiro atoms. The Kier molecular flexibility index (Phi) is 2.84. The van der Waals surface area contributed by atoms with Crippen LogP contribution in [0.1, 0.15) is 11.1 Å². The lowest BCUT2D eigenvalue weighted by atomic mass is 10.2. The van der Waals surface area contributed by atoms with Gasteiger partial charge in [-0.25, -0.2) is 4.98 Å². The van der Waals surface area contributed by atoms with E-state index in [1.807, 2.05) is 0 Å². The molecule has 2 aromatic rings. The molecule has 0 fully saturated rings. The van der Waals surface area contributed by atoms with Gasteiger partial charge in [-0.15, -0.1) is 0 Å². The number of thioether (sulfide) groups is 1. The highest BCUT2D eigenvalue weighted by atomic mass is 32.2. The number of nitrogens with zero attached hydrogens (tertiary/aromatic N) is 2. The van der Waals surface area contributed by atoms with Crippen LogP contribution in [0.3, 0.4) is 0 Å². The summed E-state index contributed by atoms with van der Waals surface area (Å²) in [4.78, 5) is 4.05. The number of aromatic amines is 1. The number of benzene rings is 1. The van der Waals surface area contributed by atoms with Crippen molar-refractivity contribution in [3.63, 3.8) is 0 Å². The molecular formula is C10H11N3S. The van der Waals surface area contributed by atoms with Crippen LogP contribution in [0, 0.1) is 6.92 Å². The summed E-state index contributed by atoms with van der Waals surface area (Å²) >= 11 is 1.66. The minimum absolute atomic E-state index is 0.866. The molecule has 1 aromatic heterocycles. The first-order chi connectivity index (χ1) is 6.84. The van der Waals surface area contributed by atoms with Gasteiger partial charge >= 0.3 is 0 Å². The molecule has 0 aliphatic rings. The van der Waals surface area contributed by atoms with Crippen LogP contribution in [0.5, 0.6) is 0 Å². The molecule has 0 aliphatic heterocycles. The number of hydrogen-bond acceptors (Lipinski definition) is 3. The van der Waals surface area contributed by atoms with Crippen LogP contribution in [0.15, 0.2) is 35.7 Å². The lowest BCUT2D eigenvalue weighted by molar-refractivity contribution is 0.973. The molecule has 0 saturated carbocycles. The highest BCUT2D eigenvalue weighted by Crippen LogP contribution is 2.18. The summed E-state index contributed by atoms with van der Waals surface area (Å²) in [6, 6.07) is 8.52. The Morgan fingerprint density at radius 3 is 2.71 bits per heavy atom. The number of aromatic nitrogens is 3. The van der Waals surface area contributed by atoms with E-state index in [2.05, 4.69) is 46.4 Å². The first kappa shape index (κ1) is 9.27. The Morgan fingerprint density at radius 2 is 2.07 bits per heavy atom. The van der Waals surface area contributed by atoms with Gasteiger partial charge in [0.1, 0.15) is 6.33 Å². The molecule has 0 unspecified atom stereocenters. The first-order valence-corrected chi connectivity index (χ1v) is 5.37. The molecule has 0 amide bonds. The van der Waals surface area contributed by atoms with Gasteiger partial charge in [0.25, 0.3) is 0 Å². The maximum Gasteiger partial charge on any atom is 0.183 e. The summed E-state index contributed by atoms with van der Waals surface area (Å²) in [6.45, 7) is 2.09. The maximum atomic E-state index is 4.05. The van der Waals surface area contributed by atoms with Gasteiger partial charge in [0, 0.05) is 5.75 Å². The number of rotatable bonds is 3. The van der Waals surface area contributed by atoms with Crippen LogP contribution in [-0.2, 0) is 5.75 Å². The standard InChI is InChI=1S/C10H11N3S/c1-8-2-4-9(5-3-8)6-14-10-11-7-12-13-10/h2-5,7H,6H2,1H3,(H,11,12,13). The minimum Gasteiger partial charge on any atom is -0.254 e. The molecule has 3 nitrogen and oxygen atoms in total. The summed E-state index contributed by atoms with van der Waals surface area (Å²) in [5.41, 5.74) is 2.59. The van der Waals surface area contributed by atoms with Gasteiger partial charge in [0.15, 0.2) is 5.16 Å². The van der Waals surface area contributed by atoms with Crippen molar-refractivity contribution in [1.82, 2.24) is 15.2 Å². The molecular weight excluding hydrogens is 194 g/mol. The van der Waals surface area contributed by atoms with Gasteiger partial charge in [-0.2, -0.15) is 5.10 Å². The van der Waals surface area contributed by atoms with E-state index in [9.17, 15) is 0 Å². The molecule has 72 valence electrons. The predicted octanol–water partition coefficient (Wildman–Crippen LogP) is 2.41. The molecule has 1 heterocycles. The summed E-state index contributed by atoms with van der Waals surface area (Å²) in [5, 5.41) is 7.48. The van der Waals surface area contributed by atoms with Gasteiger partial charge in [0.05, 0.1) is 0 Å². The van der Waals surface area contributed by atoms with Crippen LogP contribution in [0.2, 0.25) is 0 Å². The normalized spacial score (nSPS) is 10.4. The third-order valence-corrected chi connectivity index (χ3v) is 2.84. The van der Waals surface area contributed by atoms with Crippen molar-refractivity contribution in [2.75, 3.05) is 0 Å². The lowest BCUT2D eigenvalue weighted by Crippen LogP contribution is -1.82. The van der Waals surface area contributed by atoms with Gasteiger partial charge in [-0.05, 0) is 12.5 Å². The highest BCUT2D eigenvalue weighted by molar-refractivity contribution is 7.98. The lowest BCUT2D eigenvalue weighted by Gasteiger charge is -1.99. The number of hydrogen-bond donors (Lipinski definition) is 1. The Labute approximate surface area is 87.0 Å². The summed E-state index contributed by atoms with van der Waals surface area (Å²) in [5.74, 6) is 0.926. The monoisotopic (exact) mass is 205 g/mol. The van der Waals surface area contributed by atoms with Crippen molar-refractivity contribution < 1.29 is 0 Å². The topological polar surface area (TPSA) is 41.6 Å². The van der Waals surface area contributed by atoms with Crippen molar-refractivity contribution in [2.24, 2.45) is 0 Å². The molecule has 0 atom stereocenters. The number of nitrogens with one attached hydrogen (secondary N) is 1. The fourth-order valence-electron chi connectivity index (χ4n) is 1.10. The molecule has 14 heavy (non-hydrogen) atoms. The molecule has 0 aliphatic carbocycles. The van der Waals surface area contributed by atoms with Gasteiger partial charge in [-0.1, -0.05) is 41.6 Å². The second-order valence-corrected chi connectivity index (χ2v) is 4.03. The zero-order valence-corrected chi connectivity index (χ0v) is 8.71. The van der Waals surface area contributed by atoms with Crippen LogP contribution >= 0.6 is 11.8 Å². The summed E-state index contributed by atoms with van der Waals surface area (Å²) in [6.07, 6.45) is 1.53. The second kappa shape index (κ2) is 4.28. The van der Waals surface area contributed by atoms with E-state index in [4.69, 9.17) is 0 Å². The van der Waals surface area contributed by atoms with Crippen molar-refractivity contribution in [2.45, 2.75) is 17.8 Å². The van der Waals surface area contributed by atoms with E-state index in [0.29, 0.717) is 0 Å². The van der Waals surface area contributed by atoms with Gasteiger partial charge in [-0.3, -0.25) is 5.10 Å². The highest BCUT2D eigenvalue weighted by Gasteiger charge is 1.97. The third kappa shape index (κ3) is 2.35. The average Bonchev–Trinajstić information content (AvgIpc) is 2.70. The molecule has 4 heteroatoms. The quantitative estimate of drug-likeness (QED) is 0.782. The number of aryl methyl sites for hydroxylation is 1. The zero-order valence-electron chi connectivity index (χ0n) is 7.90. The van der Waals surface area contributed by atoms with Crippen molar-refractivity contribution in [3.05, 3.63) is 41.7 Å². The van der Waals surface area contributed by atoms with E-state index in [0.717, 1.165) is 10.9 Å². The average molecular weight is 205 g/mol. The Morgan fingerprint density at radius 1 is 1.29 bits per heavy atom. The van der Waals surface area contributed by atoms with E-state index < -0.39 is 0 Å². The van der Waals surface area contributed by atoms with E-state index in [-0.39, 0.29) is 0 Å². The van der Waals surface area contributed by atoms with Crippen molar-refractivity contribution in [1.29, 1.82) is 0 Å². The largest absolute Gasteiger partial charge is 0.254 e. The van der Waals surface area contributed by atoms with E-state index in [1.54, 1.807) is 11.8 Å². The third-order valence-electron chi connectivity index (χ3n) is 1.89. The summed E-state index contributed by atoms with van der Waals surface area (Å²) < 4.78 is 0. The van der Waals surface area contributed by atoms with Crippen LogP contribution in [-0.4, -0.2) is 15.2 Å². The smallest absolute Gasteiger partial charge is 0.183 e. The molecule has 0 bridgehead atoms. The maximum absolute atomic E-state index is 4.05. The van der Waals surface area contributed by atoms with Gasteiger partial charge in [0.2, 0.25) is 0 Å². The molecule has 0 saturated heterocycles. The SMILES string of the molecule is Cc1ccc(CSc2ncn[nH]2)cc1. The summed E-state index contributed by atoms with van der Waals surface area (Å²) in [7, 11) is 0. The van der Waals surface area contributed by atoms with Crippen LogP contribution < -0.4 is 0 Å².